The van der Waals surface area contributed by atoms with E-state index < -0.39 is 19.4 Å². The second-order valence-electron chi connectivity index (χ2n) is 6.49. The molecule has 2 heterocycles. The second-order valence-corrected chi connectivity index (χ2v) is 6.49. The number of carboxylic acid groups (broad SMARTS) is 3. The number of aryl methyl sites for hydroxylation is 1. The van der Waals surface area contributed by atoms with E-state index in [-0.39, 0.29) is 80.1 Å². The number of carbonyl (C=O) groups is 2. The summed E-state index contributed by atoms with van der Waals surface area (Å²) >= 11 is 0. The molecular weight excluding hydrogens is 466 g/mol. The van der Waals surface area contributed by atoms with Crippen LogP contribution in [0, 0.1) is 0 Å². The molecule has 26 heavy (non-hydrogen) atoms. The normalized spacial score (nSPS) is 16.8. The van der Waals surface area contributed by atoms with E-state index in [1.807, 2.05) is 33.9 Å². The molecule has 1 saturated heterocycles. The molecule has 0 radical (unpaired) electrons. The van der Waals surface area contributed by atoms with Crippen molar-refractivity contribution < 1.29 is 34.2 Å². The summed E-state index contributed by atoms with van der Waals surface area (Å²) in [4.78, 5) is 18.9. The Morgan fingerprint density at radius 2 is 1.69 bits per heavy atom. The topological polar surface area (TPSA) is 143 Å². The summed E-state index contributed by atoms with van der Waals surface area (Å²) in [6.45, 7) is 9.08. The van der Waals surface area contributed by atoms with Crippen LogP contribution in [0.3, 0.4) is 0 Å². The van der Waals surface area contributed by atoms with Crippen molar-refractivity contribution in [2.24, 2.45) is 0 Å². The Bertz CT molecular complexity index is 589. The van der Waals surface area contributed by atoms with Crippen molar-refractivity contribution in [2.45, 2.75) is 51.9 Å². The minimum atomic E-state index is -1.83. The van der Waals surface area contributed by atoms with Gasteiger partial charge < -0.3 is 29.9 Å². The monoisotopic (exact) mass is 491 g/mol. The summed E-state index contributed by atoms with van der Waals surface area (Å²) < 4.78 is 13.7. The maximum atomic E-state index is 10.3. The van der Waals surface area contributed by atoms with Crippen LogP contribution in [-0.4, -0.2) is 131 Å². The molecule has 1 amide bonds. The molecule has 0 aliphatic carbocycles. The van der Waals surface area contributed by atoms with Crippen LogP contribution in [-0.2, 0) is 15.9 Å². The van der Waals surface area contributed by atoms with E-state index in [4.69, 9.17) is 29.4 Å². The van der Waals surface area contributed by atoms with Gasteiger partial charge in [-0.3, -0.25) is 4.68 Å². The number of amides is 1. The van der Waals surface area contributed by atoms with E-state index in [9.17, 15) is 4.79 Å². The van der Waals surface area contributed by atoms with Gasteiger partial charge in [0, 0.05) is 30.9 Å². The zero-order chi connectivity index (χ0) is 19.3. The fourth-order valence-corrected chi connectivity index (χ4v) is 2.04. The first-order chi connectivity index (χ1) is 11.4. The van der Waals surface area contributed by atoms with Gasteiger partial charge >= 0.3 is 88.3 Å². The van der Waals surface area contributed by atoms with Crippen molar-refractivity contribution in [2.75, 3.05) is 6.54 Å². The Balaban J connectivity index is 0.00000113. The van der Waals surface area contributed by atoms with Crippen LogP contribution in [0.2, 0.25) is 0 Å². The molecule has 1 aliphatic heterocycles. The van der Waals surface area contributed by atoms with Crippen LogP contribution < -0.4 is 10.8 Å². The average molecular weight is 491 g/mol. The van der Waals surface area contributed by atoms with Gasteiger partial charge in [0.05, 0.1) is 11.2 Å². The van der Waals surface area contributed by atoms with Gasteiger partial charge in [0.15, 0.2) is 0 Å². The Morgan fingerprint density at radius 1 is 1.19 bits per heavy atom. The summed E-state index contributed by atoms with van der Waals surface area (Å²) in [7, 11) is -0.416. The van der Waals surface area contributed by atoms with Gasteiger partial charge in [0.25, 0.3) is 0 Å². The van der Waals surface area contributed by atoms with Crippen LogP contribution in [0.25, 0.3) is 0 Å². The summed E-state index contributed by atoms with van der Waals surface area (Å²) in [6.07, 6.45) is 1.44. The molecule has 1 aliphatic rings. The van der Waals surface area contributed by atoms with Gasteiger partial charge in [-0.1, -0.05) is 0 Å². The van der Waals surface area contributed by atoms with Gasteiger partial charge in [-0.25, -0.2) is 9.59 Å². The molecule has 1 fully saturated rings. The van der Waals surface area contributed by atoms with Crippen molar-refractivity contribution in [3.8, 4) is 0 Å². The zero-order valence-electron chi connectivity index (χ0n) is 14.7. The second kappa shape index (κ2) is 11.0. The predicted octanol–water partition coefficient (Wildman–Crippen LogP) is 0.414. The Kier molecular flexibility index (Phi) is 10.9. The molecule has 0 bridgehead atoms. The summed E-state index contributed by atoms with van der Waals surface area (Å²) in [5.74, 6) is 0. The van der Waals surface area contributed by atoms with Crippen molar-refractivity contribution in [3.05, 3.63) is 12.4 Å². The first-order valence-electron chi connectivity index (χ1n) is 7.71. The van der Waals surface area contributed by atoms with Gasteiger partial charge in [0.2, 0.25) is 0 Å². The maximum absolute atomic E-state index is 10.3. The molecule has 0 atom stereocenters. The molecule has 10 nitrogen and oxygen atoms in total. The molecule has 1 aromatic rings. The van der Waals surface area contributed by atoms with Crippen LogP contribution in [0.4, 0.5) is 9.59 Å². The SMILES string of the molecule is CC1(C)OB(c2cnn(CCCNC(=O)O)c2)OC1(C)C.O=C(O)O.[CsH]. The number of nitrogens with zero attached hydrogens (tertiary/aromatic N) is 2. The van der Waals surface area contributed by atoms with Gasteiger partial charge in [-0.05, 0) is 34.1 Å². The van der Waals surface area contributed by atoms with E-state index >= 15 is 0 Å². The van der Waals surface area contributed by atoms with Crippen LogP contribution >= 0.6 is 0 Å². The molecule has 4 N–H and O–H groups in total. The first-order valence-corrected chi connectivity index (χ1v) is 7.71. The molecule has 1 aromatic heterocycles. The third kappa shape index (κ3) is 8.21. The van der Waals surface area contributed by atoms with E-state index in [1.54, 1.807) is 10.9 Å². The minimum absolute atomic E-state index is 0. The van der Waals surface area contributed by atoms with E-state index in [2.05, 4.69) is 10.4 Å². The number of hydrogen-bond donors (Lipinski definition) is 4. The van der Waals surface area contributed by atoms with Crippen molar-refractivity contribution in [1.82, 2.24) is 15.1 Å². The van der Waals surface area contributed by atoms with Gasteiger partial charge in [0.1, 0.15) is 0 Å². The quantitative estimate of drug-likeness (QED) is 0.343. The number of nitrogens with one attached hydrogen (secondary N) is 1. The number of rotatable bonds is 5. The van der Waals surface area contributed by atoms with Crippen LogP contribution in [0.5, 0.6) is 0 Å². The third-order valence-electron chi connectivity index (χ3n) is 4.02. The molecule has 0 unspecified atom stereocenters. The van der Waals surface area contributed by atoms with E-state index in [0.717, 1.165) is 5.46 Å². The van der Waals surface area contributed by atoms with Crippen molar-refractivity contribution >= 4 is 93.7 Å². The molecule has 0 spiro atoms. The Labute approximate surface area is 211 Å². The molecule has 142 valence electrons. The Morgan fingerprint density at radius 3 is 2.15 bits per heavy atom. The fraction of sp³-hybridized carbons (Fsp3) is 0.643. The van der Waals surface area contributed by atoms with Gasteiger partial charge in [-0.2, -0.15) is 5.10 Å². The van der Waals surface area contributed by atoms with Crippen molar-refractivity contribution in [3.63, 3.8) is 0 Å². The van der Waals surface area contributed by atoms with E-state index in [0.29, 0.717) is 19.5 Å². The number of aromatic nitrogens is 2. The van der Waals surface area contributed by atoms with Crippen LogP contribution in [0.1, 0.15) is 34.1 Å². The average Bonchev–Trinajstić information content (AvgIpc) is 2.97. The molecule has 2 rings (SSSR count). The zero-order valence-corrected chi connectivity index (χ0v) is 14.7. The molecular formula is C14H25BCsN3O7. The summed E-state index contributed by atoms with van der Waals surface area (Å²) in [5.41, 5.74) is 0.135. The summed E-state index contributed by atoms with van der Waals surface area (Å²) in [5, 5.41) is 29.0. The number of hydrogen-bond acceptors (Lipinski definition) is 5. The molecule has 0 aromatic carbocycles. The van der Waals surface area contributed by atoms with Gasteiger partial charge in [-0.15, -0.1) is 0 Å². The Hall–Kier alpha value is -0.213. The fourth-order valence-electron chi connectivity index (χ4n) is 2.04. The molecule has 0 saturated carbocycles. The summed E-state index contributed by atoms with van der Waals surface area (Å²) in [6, 6.07) is 0. The molecule has 12 heteroatoms. The predicted molar refractivity (Wildman–Crippen MR) is 96.4 cm³/mol. The van der Waals surface area contributed by atoms with Crippen LogP contribution in [0.15, 0.2) is 12.4 Å². The van der Waals surface area contributed by atoms with E-state index in [1.165, 1.54) is 0 Å². The third-order valence-corrected chi connectivity index (χ3v) is 4.02. The van der Waals surface area contributed by atoms with Crippen molar-refractivity contribution in [1.29, 1.82) is 0 Å². The first kappa shape index (κ1) is 25.8. The standard InChI is InChI=1S/C13H22BN3O4.CH2O3.Cs.H/c1-12(2)13(3,4)21-14(20-12)10-8-16-17(9-10)7-5-6-15-11(18)19;2-1(3)4;;/h8-9,15H,5-7H2,1-4H3,(H,18,19);(H2,2,3,4);;.